The summed E-state index contributed by atoms with van der Waals surface area (Å²) in [7, 11) is -0.581. The van der Waals surface area contributed by atoms with Crippen LogP contribution in [0, 0.1) is 0 Å². The molecule has 0 unspecified atom stereocenters. The molecule has 1 spiro atoms. The molecule has 30 heavy (non-hydrogen) atoms. The average molecular weight is 496 g/mol. The second-order valence-corrected chi connectivity index (χ2v) is 10.2. The van der Waals surface area contributed by atoms with Crippen molar-refractivity contribution >= 4 is 31.7 Å². The van der Waals surface area contributed by atoms with Gasteiger partial charge in [-0.2, -0.15) is 4.31 Å². The molecule has 0 N–H and O–H groups in total. The molecule has 1 saturated heterocycles. The highest BCUT2D eigenvalue weighted by atomic mass is 79.9. The summed E-state index contributed by atoms with van der Waals surface area (Å²) in [6, 6.07) is 9.88. The van der Waals surface area contributed by atoms with E-state index in [-0.39, 0.29) is 30.2 Å². The molecule has 0 aliphatic carbocycles. The Morgan fingerprint density at radius 3 is 2.43 bits per heavy atom. The molecule has 1 fully saturated rings. The standard InChI is InChI=1S/C21H22BrNO6S/c1-27-14-3-5-19-16(11-14)18(24)13-21(29-19)7-9-23(10-8-21)30(25,26)15-4-6-20(28-2)17(22)12-15/h3-6,11-12H,7-10,13H2,1-2H3. The molecule has 160 valence electrons. The van der Waals surface area contributed by atoms with E-state index in [2.05, 4.69) is 15.9 Å². The number of sulfonamides is 1. The van der Waals surface area contributed by atoms with Gasteiger partial charge in [-0.05, 0) is 52.3 Å². The summed E-state index contributed by atoms with van der Waals surface area (Å²) in [5.74, 6) is 1.69. The van der Waals surface area contributed by atoms with Crippen LogP contribution < -0.4 is 14.2 Å². The van der Waals surface area contributed by atoms with E-state index < -0.39 is 15.6 Å². The van der Waals surface area contributed by atoms with E-state index in [1.54, 1.807) is 37.4 Å². The topological polar surface area (TPSA) is 82.1 Å². The van der Waals surface area contributed by atoms with Crippen LogP contribution in [0.1, 0.15) is 29.6 Å². The zero-order valence-electron chi connectivity index (χ0n) is 16.7. The quantitative estimate of drug-likeness (QED) is 0.643. The molecule has 0 amide bonds. The van der Waals surface area contributed by atoms with Crippen LogP contribution in [0.5, 0.6) is 17.2 Å². The first kappa shape index (κ1) is 21.1. The van der Waals surface area contributed by atoms with Crippen LogP contribution in [0.4, 0.5) is 0 Å². The zero-order chi connectivity index (χ0) is 21.5. The minimum atomic E-state index is -3.66. The summed E-state index contributed by atoms with van der Waals surface area (Å²) in [6.07, 6.45) is 1.12. The Kier molecular flexibility index (Phi) is 5.54. The highest BCUT2D eigenvalue weighted by Gasteiger charge is 2.45. The van der Waals surface area contributed by atoms with Gasteiger partial charge in [0.25, 0.3) is 0 Å². The Morgan fingerprint density at radius 1 is 1.07 bits per heavy atom. The van der Waals surface area contributed by atoms with Crippen LogP contribution >= 0.6 is 15.9 Å². The number of nitrogens with zero attached hydrogens (tertiary/aromatic N) is 1. The lowest BCUT2D eigenvalue weighted by Crippen LogP contribution is -2.52. The molecule has 2 aromatic rings. The predicted molar refractivity (Wildman–Crippen MR) is 114 cm³/mol. The maximum atomic E-state index is 13.1. The lowest BCUT2D eigenvalue weighted by Gasteiger charge is -2.43. The highest BCUT2D eigenvalue weighted by molar-refractivity contribution is 9.10. The summed E-state index contributed by atoms with van der Waals surface area (Å²) >= 11 is 3.34. The second kappa shape index (κ2) is 7.86. The van der Waals surface area contributed by atoms with Crippen LogP contribution in [-0.2, 0) is 10.0 Å². The van der Waals surface area contributed by atoms with E-state index in [4.69, 9.17) is 14.2 Å². The van der Waals surface area contributed by atoms with Crippen molar-refractivity contribution in [3.05, 3.63) is 46.4 Å². The number of piperidine rings is 1. The van der Waals surface area contributed by atoms with Crippen molar-refractivity contribution in [3.8, 4) is 17.2 Å². The predicted octanol–water partition coefficient (Wildman–Crippen LogP) is 3.66. The van der Waals surface area contributed by atoms with Gasteiger partial charge in [0.1, 0.15) is 22.8 Å². The number of ether oxygens (including phenoxy) is 3. The third-order valence-electron chi connectivity index (χ3n) is 5.69. The van der Waals surface area contributed by atoms with E-state index in [0.717, 1.165) is 0 Å². The van der Waals surface area contributed by atoms with Crippen molar-refractivity contribution in [3.63, 3.8) is 0 Å². The summed E-state index contributed by atoms with van der Waals surface area (Å²) in [5.41, 5.74) is -0.163. The van der Waals surface area contributed by atoms with Gasteiger partial charge < -0.3 is 14.2 Å². The summed E-state index contributed by atoms with van der Waals surface area (Å²) in [5, 5.41) is 0. The van der Waals surface area contributed by atoms with E-state index >= 15 is 0 Å². The number of ketones is 1. The number of fused-ring (bicyclic) bond motifs is 1. The number of methoxy groups -OCH3 is 2. The number of benzene rings is 2. The fourth-order valence-corrected chi connectivity index (χ4v) is 6.13. The first-order valence-corrected chi connectivity index (χ1v) is 11.8. The lowest BCUT2D eigenvalue weighted by atomic mass is 9.83. The average Bonchev–Trinajstić information content (AvgIpc) is 2.73. The maximum Gasteiger partial charge on any atom is 0.243 e. The number of Topliss-reactive ketones (excluding diaryl/α,β-unsaturated/α-hetero) is 1. The molecule has 0 radical (unpaired) electrons. The Bertz CT molecular complexity index is 1090. The van der Waals surface area contributed by atoms with Crippen molar-refractivity contribution in [1.29, 1.82) is 0 Å². The molecule has 0 aromatic heterocycles. The SMILES string of the molecule is COc1ccc2c(c1)C(=O)CC1(CCN(S(=O)(=O)c3ccc(OC)c(Br)c3)CC1)O2. The Labute approximate surface area is 184 Å². The summed E-state index contributed by atoms with van der Waals surface area (Å²) < 4.78 is 44.8. The van der Waals surface area contributed by atoms with Crippen molar-refractivity contribution in [2.24, 2.45) is 0 Å². The van der Waals surface area contributed by atoms with Crippen LogP contribution in [0.3, 0.4) is 0 Å². The molecule has 4 rings (SSSR count). The van der Waals surface area contributed by atoms with Crippen LogP contribution in [0.15, 0.2) is 45.8 Å². The van der Waals surface area contributed by atoms with Crippen molar-refractivity contribution in [2.75, 3.05) is 27.3 Å². The third kappa shape index (κ3) is 3.70. The monoisotopic (exact) mass is 495 g/mol. The number of carbonyl (C=O) groups excluding carboxylic acids is 1. The Hall–Kier alpha value is -2.10. The van der Waals surface area contributed by atoms with Gasteiger partial charge >= 0.3 is 0 Å². The maximum absolute atomic E-state index is 13.1. The van der Waals surface area contributed by atoms with Gasteiger partial charge in [0.15, 0.2) is 5.78 Å². The van der Waals surface area contributed by atoms with Crippen molar-refractivity contribution in [2.45, 2.75) is 29.8 Å². The molecule has 0 bridgehead atoms. The lowest BCUT2D eigenvalue weighted by molar-refractivity contribution is 0.00583. The van der Waals surface area contributed by atoms with Gasteiger partial charge in [-0.3, -0.25) is 4.79 Å². The number of halogens is 1. The Morgan fingerprint density at radius 2 is 1.80 bits per heavy atom. The van der Waals surface area contributed by atoms with Crippen molar-refractivity contribution in [1.82, 2.24) is 4.31 Å². The van der Waals surface area contributed by atoms with Gasteiger partial charge in [0.05, 0.1) is 35.6 Å². The molecule has 2 aliphatic heterocycles. The summed E-state index contributed by atoms with van der Waals surface area (Å²) in [4.78, 5) is 12.9. The molecule has 0 atom stereocenters. The van der Waals surface area contributed by atoms with E-state index in [1.165, 1.54) is 17.5 Å². The minimum Gasteiger partial charge on any atom is -0.497 e. The molecule has 2 heterocycles. The fraction of sp³-hybridized carbons (Fsp3) is 0.381. The number of hydrogen-bond donors (Lipinski definition) is 0. The molecular formula is C21H22BrNO6S. The normalized spacial score (nSPS) is 18.6. The number of rotatable bonds is 4. The number of carbonyl (C=O) groups is 1. The van der Waals surface area contributed by atoms with Gasteiger partial charge in [0.2, 0.25) is 10.0 Å². The largest absolute Gasteiger partial charge is 0.497 e. The fourth-order valence-electron chi connectivity index (χ4n) is 3.97. The molecule has 0 saturated carbocycles. The molecule has 7 nitrogen and oxygen atoms in total. The molecule has 9 heteroatoms. The van der Waals surface area contributed by atoms with Crippen LogP contribution in [-0.4, -0.2) is 51.4 Å². The molecule has 2 aromatic carbocycles. The zero-order valence-corrected chi connectivity index (χ0v) is 19.1. The van der Waals surface area contributed by atoms with E-state index in [0.29, 0.717) is 40.1 Å². The third-order valence-corrected chi connectivity index (χ3v) is 8.21. The van der Waals surface area contributed by atoms with Crippen molar-refractivity contribution < 1.29 is 27.4 Å². The van der Waals surface area contributed by atoms with Gasteiger partial charge in [0, 0.05) is 25.9 Å². The van der Waals surface area contributed by atoms with E-state index in [9.17, 15) is 13.2 Å². The smallest absolute Gasteiger partial charge is 0.243 e. The van der Waals surface area contributed by atoms with Crippen LogP contribution in [0.2, 0.25) is 0 Å². The first-order valence-electron chi connectivity index (χ1n) is 9.52. The Balaban J connectivity index is 1.52. The van der Waals surface area contributed by atoms with Gasteiger partial charge in [-0.25, -0.2) is 8.42 Å². The van der Waals surface area contributed by atoms with Crippen LogP contribution in [0.25, 0.3) is 0 Å². The second-order valence-electron chi connectivity index (χ2n) is 7.45. The van der Waals surface area contributed by atoms with Gasteiger partial charge in [-0.1, -0.05) is 0 Å². The summed E-state index contributed by atoms with van der Waals surface area (Å²) in [6.45, 7) is 0.565. The number of hydrogen-bond acceptors (Lipinski definition) is 6. The van der Waals surface area contributed by atoms with E-state index in [1.807, 2.05) is 0 Å². The first-order chi connectivity index (χ1) is 14.3. The molecular weight excluding hydrogens is 474 g/mol. The molecule has 2 aliphatic rings. The minimum absolute atomic E-state index is 0.00876. The van der Waals surface area contributed by atoms with Gasteiger partial charge in [-0.15, -0.1) is 0 Å². The highest BCUT2D eigenvalue weighted by Crippen LogP contribution is 2.41.